The number of hydrogen-bond donors (Lipinski definition) is 0. The second-order valence-electron chi connectivity index (χ2n) is 6.63. The Labute approximate surface area is 147 Å². The zero-order chi connectivity index (χ0) is 16.9. The van der Waals surface area contributed by atoms with Crippen LogP contribution in [-0.2, 0) is 11.3 Å². The highest BCUT2D eigenvalue weighted by molar-refractivity contribution is 7.09. The highest BCUT2D eigenvalue weighted by Gasteiger charge is 2.28. The second kappa shape index (κ2) is 7.90. The molecular weight excluding hydrogens is 320 g/mol. The quantitative estimate of drug-likeness (QED) is 0.797. The molecule has 1 fully saturated rings. The first-order valence-corrected chi connectivity index (χ1v) is 9.38. The average Bonchev–Trinajstić information content (AvgIpc) is 3.25. The number of carbonyl (C=O) groups excluding carboxylic acids is 1. The van der Waals surface area contributed by atoms with Crippen LogP contribution in [0.15, 0.2) is 35.7 Å². The van der Waals surface area contributed by atoms with Gasteiger partial charge in [-0.25, -0.2) is 4.98 Å². The maximum atomic E-state index is 12.6. The first-order chi connectivity index (χ1) is 11.6. The first-order valence-electron chi connectivity index (χ1n) is 8.50. The molecule has 1 aliphatic heterocycles. The van der Waals surface area contributed by atoms with Gasteiger partial charge in [0.2, 0.25) is 0 Å². The molecule has 3 rings (SSSR count). The molecule has 1 aromatic heterocycles. The van der Waals surface area contributed by atoms with Gasteiger partial charge < -0.3 is 9.64 Å². The Bertz CT molecular complexity index is 669. The fraction of sp³-hybridized carbons (Fsp3) is 0.474. The van der Waals surface area contributed by atoms with Gasteiger partial charge in [-0.3, -0.25) is 4.79 Å². The van der Waals surface area contributed by atoms with E-state index in [2.05, 4.69) is 31.0 Å². The number of ether oxygens (including phenoxy) is 1. The van der Waals surface area contributed by atoms with Crippen molar-refractivity contribution in [3.8, 4) is 0 Å². The van der Waals surface area contributed by atoms with Crippen molar-refractivity contribution >= 4 is 17.2 Å². The minimum Gasteiger partial charge on any atom is -0.376 e. The molecule has 1 aliphatic rings. The van der Waals surface area contributed by atoms with Crippen molar-refractivity contribution in [3.63, 3.8) is 0 Å². The van der Waals surface area contributed by atoms with Gasteiger partial charge in [-0.15, -0.1) is 11.3 Å². The van der Waals surface area contributed by atoms with E-state index in [0.29, 0.717) is 30.7 Å². The van der Waals surface area contributed by atoms with E-state index in [9.17, 15) is 4.79 Å². The topological polar surface area (TPSA) is 42.4 Å². The molecule has 1 atom stereocenters. The molecule has 0 unspecified atom stereocenters. The molecule has 24 heavy (non-hydrogen) atoms. The normalized spacial score (nSPS) is 17.6. The Kier molecular flexibility index (Phi) is 5.63. The molecule has 1 aromatic carbocycles. The molecule has 2 heterocycles. The lowest BCUT2D eigenvalue weighted by Gasteiger charge is -2.15. The van der Waals surface area contributed by atoms with Crippen LogP contribution in [-0.4, -0.2) is 35.5 Å². The monoisotopic (exact) mass is 344 g/mol. The highest BCUT2D eigenvalue weighted by atomic mass is 32.1. The van der Waals surface area contributed by atoms with Gasteiger partial charge in [-0.2, -0.15) is 0 Å². The highest BCUT2D eigenvalue weighted by Crippen LogP contribution is 2.23. The van der Waals surface area contributed by atoms with Gasteiger partial charge in [0.15, 0.2) is 0 Å². The Hall–Kier alpha value is -1.72. The summed E-state index contributed by atoms with van der Waals surface area (Å²) in [5, 5.41) is 2.91. The average molecular weight is 344 g/mol. The van der Waals surface area contributed by atoms with Crippen molar-refractivity contribution < 1.29 is 9.53 Å². The number of hydrogen-bond acceptors (Lipinski definition) is 4. The van der Waals surface area contributed by atoms with Crippen LogP contribution in [0.1, 0.15) is 47.2 Å². The van der Waals surface area contributed by atoms with Crippen LogP contribution in [0.5, 0.6) is 0 Å². The van der Waals surface area contributed by atoms with Crippen molar-refractivity contribution in [1.29, 1.82) is 0 Å². The molecule has 128 valence electrons. The van der Waals surface area contributed by atoms with Crippen molar-refractivity contribution in [1.82, 2.24) is 9.88 Å². The summed E-state index contributed by atoms with van der Waals surface area (Å²) < 4.78 is 5.82. The van der Waals surface area contributed by atoms with Crippen LogP contribution in [0, 0.1) is 5.92 Å². The predicted octanol–water partition coefficient (Wildman–Crippen LogP) is 3.95. The Morgan fingerprint density at radius 1 is 1.38 bits per heavy atom. The summed E-state index contributed by atoms with van der Waals surface area (Å²) in [7, 11) is 0. The van der Waals surface area contributed by atoms with Gasteiger partial charge in [0.1, 0.15) is 5.69 Å². The summed E-state index contributed by atoms with van der Waals surface area (Å²) in [6.45, 7) is 7.10. The molecule has 0 aliphatic carbocycles. The van der Waals surface area contributed by atoms with Crippen molar-refractivity contribution in [3.05, 3.63) is 52.0 Å². The second-order valence-corrected chi connectivity index (χ2v) is 7.52. The largest absolute Gasteiger partial charge is 0.376 e. The summed E-state index contributed by atoms with van der Waals surface area (Å²) in [6.07, 6.45) is 1.00. The SMILES string of the molecule is CC(C)c1nc(C(=O)N2CC[C@H](COCc3ccccc3)C2)cs1. The number of nitrogens with zero attached hydrogens (tertiary/aromatic N) is 2. The molecule has 0 radical (unpaired) electrons. The molecule has 0 spiro atoms. The number of benzene rings is 1. The van der Waals surface area contributed by atoms with E-state index in [1.807, 2.05) is 28.5 Å². The Morgan fingerprint density at radius 2 is 2.17 bits per heavy atom. The summed E-state index contributed by atoms with van der Waals surface area (Å²) in [6, 6.07) is 10.2. The molecule has 0 N–H and O–H groups in total. The number of rotatable bonds is 6. The summed E-state index contributed by atoms with van der Waals surface area (Å²) in [4.78, 5) is 18.9. The summed E-state index contributed by atoms with van der Waals surface area (Å²) in [5.41, 5.74) is 1.78. The van der Waals surface area contributed by atoms with E-state index in [1.54, 1.807) is 11.3 Å². The predicted molar refractivity (Wildman–Crippen MR) is 96.3 cm³/mol. The van der Waals surface area contributed by atoms with E-state index < -0.39 is 0 Å². The van der Waals surface area contributed by atoms with Crippen LogP contribution >= 0.6 is 11.3 Å². The van der Waals surface area contributed by atoms with Crippen LogP contribution in [0.4, 0.5) is 0 Å². The van der Waals surface area contributed by atoms with E-state index in [-0.39, 0.29) is 5.91 Å². The number of amides is 1. The van der Waals surface area contributed by atoms with Gasteiger partial charge in [0.25, 0.3) is 5.91 Å². The smallest absolute Gasteiger partial charge is 0.273 e. The summed E-state index contributed by atoms with van der Waals surface area (Å²) >= 11 is 1.57. The molecule has 0 saturated carbocycles. The molecule has 5 heteroatoms. The maximum Gasteiger partial charge on any atom is 0.273 e. The van der Waals surface area contributed by atoms with E-state index >= 15 is 0 Å². The van der Waals surface area contributed by atoms with Crippen LogP contribution < -0.4 is 0 Å². The van der Waals surface area contributed by atoms with Crippen LogP contribution in [0.25, 0.3) is 0 Å². The molecule has 1 saturated heterocycles. The van der Waals surface area contributed by atoms with Crippen LogP contribution in [0.3, 0.4) is 0 Å². The van der Waals surface area contributed by atoms with Crippen molar-refractivity contribution in [2.24, 2.45) is 5.92 Å². The van der Waals surface area contributed by atoms with Crippen LogP contribution in [0.2, 0.25) is 0 Å². The minimum atomic E-state index is 0.0590. The van der Waals surface area contributed by atoms with Gasteiger partial charge >= 0.3 is 0 Å². The zero-order valence-electron chi connectivity index (χ0n) is 14.3. The lowest BCUT2D eigenvalue weighted by molar-refractivity contribution is 0.0729. The fourth-order valence-electron chi connectivity index (χ4n) is 2.88. The number of likely N-dealkylation sites (tertiary alicyclic amines) is 1. The van der Waals surface area contributed by atoms with E-state index in [1.165, 1.54) is 5.56 Å². The zero-order valence-corrected chi connectivity index (χ0v) is 15.1. The molecular formula is C19H24N2O2S. The fourth-order valence-corrected chi connectivity index (χ4v) is 3.69. The summed E-state index contributed by atoms with van der Waals surface area (Å²) in [5.74, 6) is 0.846. The van der Waals surface area contributed by atoms with Crippen molar-refractivity contribution in [2.45, 2.75) is 32.8 Å². The number of thiazole rings is 1. The molecule has 0 bridgehead atoms. The van der Waals surface area contributed by atoms with Gasteiger partial charge in [-0.05, 0) is 12.0 Å². The standard InChI is InChI=1S/C19H24N2O2S/c1-14(2)18-20-17(13-24-18)19(22)21-9-8-16(10-21)12-23-11-15-6-4-3-5-7-15/h3-7,13-14,16H,8-12H2,1-2H3/t16-/m0/s1. The lowest BCUT2D eigenvalue weighted by atomic mass is 10.1. The third-order valence-corrected chi connectivity index (χ3v) is 5.42. The third kappa shape index (κ3) is 4.22. The van der Waals surface area contributed by atoms with Gasteiger partial charge in [-0.1, -0.05) is 44.2 Å². The molecule has 4 nitrogen and oxygen atoms in total. The van der Waals surface area contributed by atoms with E-state index in [4.69, 9.17) is 4.74 Å². The minimum absolute atomic E-state index is 0.0590. The third-order valence-electron chi connectivity index (χ3n) is 4.27. The van der Waals surface area contributed by atoms with Gasteiger partial charge in [0, 0.05) is 30.3 Å². The van der Waals surface area contributed by atoms with Gasteiger partial charge in [0.05, 0.1) is 18.2 Å². The number of aromatic nitrogens is 1. The van der Waals surface area contributed by atoms with Crippen molar-refractivity contribution in [2.75, 3.05) is 19.7 Å². The lowest BCUT2D eigenvalue weighted by Crippen LogP contribution is -2.29. The first kappa shape index (κ1) is 17.1. The molecule has 1 amide bonds. The maximum absolute atomic E-state index is 12.6. The number of carbonyl (C=O) groups is 1. The Morgan fingerprint density at radius 3 is 2.88 bits per heavy atom. The Balaban J connectivity index is 1.47. The van der Waals surface area contributed by atoms with E-state index in [0.717, 1.165) is 24.5 Å². The molecule has 2 aromatic rings.